The van der Waals surface area contributed by atoms with Crippen LogP contribution in [0.1, 0.15) is 37.2 Å². The van der Waals surface area contributed by atoms with Crippen molar-refractivity contribution >= 4 is 41.5 Å². The summed E-state index contributed by atoms with van der Waals surface area (Å²) in [5.41, 5.74) is 2.08. The number of guanidine groups is 1. The number of carbonyl (C=O) groups is 1. The molecule has 3 N–H and O–H groups in total. The molecule has 2 unspecified atom stereocenters. The zero-order valence-electron chi connectivity index (χ0n) is 16.4. The molecule has 7 nitrogen and oxygen atoms in total. The summed E-state index contributed by atoms with van der Waals surface area (Å²) in [6.07, 6.45) is 3.92. The maximum Gasteiger partial charge on any atom is 0.225 e. The number of carbonyl (C=O) groups excluding carboxylic acids is 1. The number of hydrogen-bond acceptors (Lipinski definition) is 4. The zero-order valence-corrected chi connectivity index (χ0v) is 18.7. The van der Waals surface area contributed by atoms with Crippen LogP contribution in [0.15, 0.2) is 29.3 Å². The molecule has 2 aliphatic rings. The van der Waals surface area contributed by atoms with E-state index in [1.54, 1.807) is 7.05 Å². The molecule has 8 heteroatoms. The highest BCUT2D eigenvalue weighted by Crippen LogP contribution is 2.31. The highest BCUT2D eigenvalue weighted by atomic mass is 127. The van der Waals surface area contributed by atoms with Crippen LogP contribution < -0.4 is 16.0 Å². The first-order chi connectivity index (χ1) is 13.3. The number of rotatable bonds is 8. The van der Waals surface area contributed by atoms with Crippen LogP contribution in [0.3, 0.4) is 0 Å². The van der Waals surface area contributed by atoms with E-state index in [4.69, 9.17) is 9.47 Å². The van der Waals surface area contributed by atoms with E-state index in [1.165, 1.54) is 5.56 Å². The van der Waals surface area contributed by atoms with Crippen LogP contribution in [0.2, 0.25) is 0 Å². The first-order valence-corrected chi connectivity index (χ1v) is 9.79. The Hall–Kier alpha value is -1.39. The van der Waals surface area contributed by atoms with Crippen LogP contribution in [0.4, 0.5) is 5.69 Å². The topological polar surface area (TPSA) is 84.0 Å². The molecule has 0 saturated carbocycles. The molecular formula is C20H31IN4O3. The second-order valence-electron chi connectivity index (χ2n) is 6.98. The summed E-state index contributed by atoms with van der Waals surface area (Å²) >= 11 is 0. The van der Waals surface area contributed by atoms with Crippen molar-refractivity contribution in [1.82, 2.24) is 10.6 Å². The Morgan fingerprint density at radius 3 is 3.00 bits per heavy atom. The van der Waals surface area contributed by atoms with Crippen molar-refractivity contribution in [3.05, 3.63) is 29.8 Å². The Kier molecular flexibility index (Phi) is 10.0. The minimum absolute atomic E-state index is 0. The lowest BCUT2D eigenvalue weighted by Crippen LogP contribution is -2.41. The molecule has 1 aromatic rings. The van der Waals surface area contributed by atoms with Gasteiger partial charge in [-0.25, -0.2) is 0 Å². The molecule has 0 spiro atoms. The number of nitrogens with one attached hydrogen (secondary N) is 3. The summed E-state index contributed by atoms with van der Waals surface area (Å²) in [5, 5.41) is 9.56. The SMILES string of the molecule is CN=C(NCCCOCC1CCCO1)NCC1CC(=O)Nc2ccccc21.I. The molecule has 0 radical (unpaired) electrons. The summed E-state index contributed by atoms with van der Waals surface area (Å²) in [6.45, 7) is 3.72. The number of aliphatic imine (C=N–C) groups is 1. The average molecular weight is 502 g/mol. The summed E-state index contributed by atoms with van der Waals surface area (Å²) in [4.78, 5) is 16.2. The minimum Gasteiger partial charge on any atom is -0.379 e. The molecule has 0 aliphatic carbocycles. The quantitative estimate of drug-likeness (QED) is 0.220. The van der Waals surface area contributed by atoms with Gasteiger partial charge in [-0.15, -0.1) is 24.0 Å². The van der Waals surface area contributed by atoms with Gasteiger partial charge in [0.2, 0.25) is 5.91 Å². The molecule has 1 amide bonds. The number of ether oxygens (including phenoxy) is 2. The Labute approximate surface area is 184 Å². The van der Waals surface area contributed by atoms with E-state index < -0.39 is 0 Å². The molecule has 1 saturated heterocycles. The number of benzene rings is 1. The van der Waals surface area contributed by atoms with Crippen LogP contribution >= 0.6 is 24.0 Å². The van der Waals surface area contributed by atoms with Gasteiger partial charge >= 0.3 is 0 Å². The van der Waals surface area contributed by atoms with Crippen molar-refractivity contribution in [2.24, 2.45) is 4.99 Å². The Bertz CT molecular complexity index is 650. The normalized spacial score (nSPS) is 21.5. The largest absolute Gasteiger partial charge is 0.379 e. The minimum atomic E-state index is 0. The second-order valence-corrected chi connectivity index (χ2v) is 6.98. The van der Waals surface area contributed by atoms with Crippen molar-refractivity contribution < 1.29 is 14.3 Å². The number of amides is 1. The fourth-order valence-corrected chi connectivity index (χ4v) is 3.50. The van der Waals surface area contributed by atoms with E-state index in [1.807, 2.05) is 18.2 Å². The Balaban J connectivity index is 0.00000280. The van der Waals surface area contributed by atoms with Gasteiger partial charge in [-0.2, -0.15) is 0 Å². The Morgan fingerprint density at radius 2 is 2.21 bits per heavy atom. The van der Waals surface area contributed by atoms with Crippen LogP contribution in [0.5, 0.6) is 0 Å². The molecular weight excluding hydrogens is 471 g/mol. The van der Waals surface area contributed by atoms with Gasteiger partial charge in [0, 0.05) is 51.4 Å². The molecule has 2 heterocycles. The lowest BCUT2D eigenvalue weighted by molar-refractivity contribution is -0.116. The van der Waals surface area contributed by atoms with Gasteiger partial charge in [0.1, 0.15) is 0 Å². The number of fused-ring (bicyclic) bond motifs is 1. The molecule has 3 rings (SSSR count). The highest BCUT2D eigenvalue weighted by molar-refractivity contribution is 14.0. The van der Waals surface area contributed by atoms with Gasteiger partial charge in [-0.1, -0.05) is 18.2 Å². The maximum atomic E-state index is 11.9. The summed E-state index contributed by atoms with van der Waals surface area (Å²) in [7, 11) is 1.75. The first-order valence-electron chi connectivity index (χ1n) is 9.79. The van der Waals surface area contributed by atoms with Crippen LogP contribution in [0, 0.1) is 0 Å². The highest BCUT2D eigenvalue weighted by Gasteiger charge is 2.24. The lowest BCUT2D eigenvalue weighted by Gasteiger charge is -2.26. The average Bonchev–Trinajstić information content (AvgIpc) is 3.20. The molecule has 156 valence electrons. The van der Waals surface area contributed by atoms with Crippen LogP contribution in [0.25, 0.3) is 0 Å². The van der Waals surface area contributed by atoms with Crippen molar-refractivity contribution in [2.45, 2.75) is 37.7 Å². The zero-order chi connectivity index (χ0) is 18.9. The van der Waals surface area contributed by atoms with Crippen molar-refractivity contribution in [3.63, 3.8) is 0 Å². The van der Waals surface area contributed by atoms with Gasteiger partial charge in [0.05, 0.1) is 12.7 Å². The summed E-state index contributed by atoms with van der Waals surface area (Å²) < 4.78 is 11.2. The van der Waals surface area contributed by atoms with E-state index in [0.717, 1.165) is 44.1 Å². The Morgan fingerprint density at radius 1 is 1.36 bits per heavy atom. The summed E-state index contributed by atoms with van der Waals surface area (Å²) in [6, 6.07) is 7.97. The fourth-order valence-electron chi connectivity index (χ4n) is 3.50. The monoisotopic (exact) mass is 502 g/mol. The number of para-hydroxylation sites is 1. The van der Waals surface area contributed by atoms with E-state index in [-0.39, 0.29) is 41.9 Å². The van der Waals surface area contributed by atoms with Crippen LogP contribution in [-0.4, -0.2) is 57.9 Å². The van der Waals surface area contributed by atoms with Gasteiger partial charge in [0.25, 0.3) is 0 Å². The predicted molar refractivity (Wildman–Crippen MR) is 122 cm³/mol. The van der Waals surface area contributed by atoms with E-state index in [9.17, 15) is 4.79 Å². The third-order valence-electron chi connectivity index (χ3n) is 4.93. The second kappa shape index (κ2) is 12.2. The number of nitrogens with zero attached hydrogens (tertiary/aromatic N) is 1. The molecule has 2 atom stereocenters. The maximum absolute atomic E-state index is 11.9. The van der Waals surface area contributed by atoms with Crippen molar-refractivity contribution in [2.75, 3.05) is 45.3 Å². The van der Waals surface area contributed by atoms with E-state index in [0.29, 0.717) is 26.2 Å². The molecule has 0 aromatic heterocycles. The standard InChI is InChI=1S/C20H30N4O3.HI/c1-21-20(22-9-5-10-26-14-16-6-4-11-27-16)23-13-15-12-19(25)24-18-8-3-2-7-17(15)18;/h2-3,7-8,15-16H,4-6,9-14H2,1H3,(H,24,25)(H2,21,22,23);1H. The van der Waals surface area contributed by atoms with Gasteiger partial charge in [0.15, 0.2) is 5.96 Å². The third kappa shape index (κ3) is 6.89. The van der Waals surface area contributed by atoms with Crippen molar-refractivity contribution in [1.29, 1.82) is 0 Å². The van der Waals surface area contributed by atoms with E-state index in [2.05, 4.69) is 27.0 Å². The number of hydrogen-bond donors (Lipinski definition) is 3. The van der Waals surface area contributed by atoms with Gasteiger partial charge < -0.3 is 25.4 Å². The molecule has 2 aliphatic heterocycles. The molecule has 1 fully saturated rings. The first kappa shape index (κ1) is 22.9. The number of anilines is 1. The van der Waals surface area contributed by atoms with Gasteiger partial charge in [-0.05, 0) is 30.9 Å². The third-order valence-corrected chi connectivity index (χ3v) is 4.93. The van der Waals surface area contributed by atoms with Crippen molar-refractivity contribution in [3.8, 4) is 0 Å². The molecule has 28 heavy (non-hydrogen) atoms. The number of halogens is 1. The fraction of sp³-hybridized carbons (Fsp3) is 0.600. The van der Waals surface area contributed by atoms with Crippen LogP contribution in [-0.2, 0) is 14.3 Å². The smallest absolute Gasteiger partial charge is 0.225 e. The predicted octanol–water partition coefficient (Wildman–Crippen LogP) is 2.48. The summed E-state index contributed by atoms with van der Waals surface area (Å²) in [5.74, 6) is 0.952. The molecule has 1 aromatic carbocycles. The lowest BCUT2D eigenvalue weighted by atomic mass is 9.90. The van der Waals surface area contributed by atoms with Gasteiger partial charge in [-0.3, -0.25) is 9.79 Å². The van der Waals surface area contributed by atoms with E-state index >= 15 is 0 Å². The molecule has 0 bridgehead atoms.